The van der Waals surface area contributed by atoms with Crippen LogP contribution in [0.15, 0.2) is 0 Å². The monoisotopic (exact) mass is 328 g/mol. The van der Waals surface area contributed by atoms with Crippen LogP contribution in [0, 0.1) is 23.7 Å². The molecule has 0 amide bonds. The first kappa shape index (κ1) is 22.4. The molecule has 0 aliphatic heterocycles. The van der Waals surface area contributed by atoms with E-state index in [1.165, 1.54) is 12.8 Å². The van der Waals surface area contributed by atoms with E-state index in [0.717, 1.165) is 18.9 Å². The van der Waals surface area contributed by atoms with Crippen molar-refractivity contribution >= 4 is 0 Å². The number of unbranched alkanes of at least 4 members (excludes halogenated alkanes) is 1. The lowest BCUT2D eigenvalue weighted by Gasteiger charge is -2.07. The molecule has 4 nitrogen and oxygen atoms in total. The molecule has 4 heteroatoms. The van der Waals surface area contributed by atoms with Gasteiger partial charge >= 0.3 is 0 Å². The van der Waals surface area contributed by atoms with Gasteiger partial charge in [0.15, 0.2) is 0 Å². The first-order chi connectivity index (χ1) is 11.1. The Balaban J connectivity index is 3.04. The maximum Gasteiger partial charge on any atom is 0.107 e. The van der Waals surface area contributed by atoms with E-state index in [1.54, 1.807) is 0 Å². The van der Waals surface area contributed by atoms with E-state index in [-0.39, 0.29) is 0 Å². The van der Waals surface area contributed by atoms with Crippen LogP contribution in [0.2, 0.25) is 0 Å². The first-order valence-electron chi connectivity index (χ1n) is 8.92. The molecule has 0 unspecified atom stereocenters. The predicted octanol–water partition coefficient (Wildman–Crippen LogP) is 3.54. The molecular weight excluding hydrogens is 292 g/mol. The molecule has 0 rings (SSSR count). The normalized spacial score (nSPS) is 11.0. The van der Waals surface area contributed by atoms with Crippen molar-refractivity contribution in [3.8, 4) is 11.8 Å². The minimum Gasteiger partial charge on any atom is -0.379 e. The summed E-state index contributed by atoms with van der Waals surface area (Å²) in [6.07, 6.45) is 3.67. The third-order valence-electron chi connectivity index (χ3n) is 3.00. The highest BCUT2D eigenvalue weighted by molar-refractivity contribution is 5.01. The van der Waals surface area contributed by atoms with Crippen molar-refractivity contribution in [2.75, 3.05) is 52.9 Å². The number of hydrogen-bond acceptors (Lipinski definition) is 4. The Morgan fingerprint density at radius 2 is 1.17 bits per heavy atom. The van der Waals surface area contributed by atoms with Crippen LogP contribution in [-0.2, 0) is 18.9 Å². The van der Waals surface area contributed by atoms with Gasteiger partial charge in [0.05, 0.1) is 39.6 Å². The molecule has 0 saturated carbocycles. The van der Waals surface area contributed by atoms with E-state index in [2.05, 4.69) is 39.5 Å². The van der Waals surface area contributed by atoms with Gasteiger partial charge in [-0.05, 0) is 12.3 Å². The van der Waals surface area contributed by atoms with Gasteiger partial charge in [0, 0.05) is 12.5 Å². The molecule has 0 aliphatic carbocycles. The Bertz CT molecular complexity index is 291. The van der Waals surface area contributed by atoms with Crippen LogP contribution in [0.4, 0.5) is 0 Å². The van der Waals surface area contributed by atoms with Gasteiger partial charge in [-0.1, -0.05) is 52.4 Å². The Morgan fingerprint density at radius 3 is 1.70 bits per heavy atom. The molecule has 0 aromatic heterocycles. The summed E-state index contributed by atoms with van der Waals surface area (Å²) in [7, 11) is 0. The molecule has 23 heavy (non-hydrogen) atoms. The van der Waals surface area contributed by atoms with Crippen LogP contribution >= 0.6 is 0 Å². The Labute approximate surface area is 143 Å². The minimum absolute atomic E-state index is 0.399. The largest absolute Gasteiger partial charge is 0.379 e. The topological polar surface area (TPSA) is 36.9 Å². The lowest BCUT2D eigenvalue weighted by Crippen LogP contribution is -2.12. The summed E-state index contributed by atoms with van der Waals surface area (Å²) >= 11 is 0. The van der Waals surface area contributed by atoms with Gasteiger partial charge in [-0.2, -0.15) is 0 Å². The van der Waals surface area contributed by atoms with Crippen LogP contribution < -0.4 is 0 Å². The maximum atomic E-state index is 5.52. The third-order valence-corrected chi connectivity index (χ3v) is 3.00. The van der Waals surface area contributed by atoms with E-state index in [0.29, 0.717) is 52.2 Å². The Hall–Kier alpha value is -0.600. The van der Waals surface area contributed by atoms with Crippen molar-refractivity contribution in [2.45, 2.75) is 47.0 Å². The smallest absolute Gasteiger partial charge is 0.107 e. The highest BCUT2D eigenvalue weighted by atomic mass is 16.6. The molecule has 0 saturated heterocycles. The molecular formula is C19H36O4. The third kappa shape index (κ3) is 21.4. The highest BCUT2D eigenvalue weighted by Crippen LogP contribution is 2.05. The van der Waals surface area contributed by atoms with Gasteiger partial charge in [-0.3, -0.25) is 0 Å². The SMILES string of the molecule is CC(C)C#CCOCCOCCOCCOCCCCC(C)C. The zero-order valence-electron chi connectivity index (χ0n) is 15.6. The zero-order valence-corrected chi connectivity index (χ0v) is 15.6. The fraction of sp³-hybridized carbons (Fsp3) is 0.895. The molecule has 0 radical (unpaired) electrons. The van der Waals surface area contributed by atoms with Gasteiger partial charge < -0.3 is 18.9 Å². The van der Waals surface area contributed by atoms with Gasteiger partial charge in [0.25, 0.3) is 0 Å². The molecule has 0 fully saturated rings. The van der Waals surface area contributed by atoms with Crippen molar-refractivity contribution in [3.05, 3.63) is 0 Å². The highest BCUT2D eigenvalue weighted by Gasteiger charge is 1.95. The quantitative estimate of drug-likeness (QED) is 0.340. The summed E-state index contributed by atoms with van der Waals surface area (Å²) in [5.74, 6) is 7.20. The molecule has 0 aliphatic rings. The molecule has 0 heterocycles. The second kappa shape index (κ2) is 17.7. The average Bonchev–Trinajstić information content (AvgIpc) is 2.49. The summed E-state index contributed by atoms with van der Waals surface area (Å²) in [5, 5.41) is 0. The zero-order chi connectivity index (χ0) is 17.2. The van der Waals surface area contributed by atoms with Crippen LogP contribution in [0.5, 0.6) is 0 Å². The summed E-state index contributed by atoms with van der Waals surface area (Å²) < 4.78 is 21.7. The van der Waals surface area contributed by atoms with Crippen molar-refractivity contribution in [3.63, 3.8) is 0 Å². The maximum absolute atomic E-state index is 5.52. The van der Waals surface area contributed by atoms with Crippen LogP contribution in [0.1, 0.15) is 47.0 Å². The molecule has 0 atom stereocenters. The summed E-state index contributed by atoms with van der Waals surface area (Å²) in [4.78, 5) is 0. The van der Waals surface area contributed by atoms with Crippen LogP contribution in [0.25, 0.3) is 0 Å². The van der Waals surface area contributed by atoms with Crippen LogP contribution in [0.3, 0.4) is 0 Å². The second-order valence-electron chi connectivity index (χ2n) is 6.26. The molecule has 136 valence electrons. The Kier molecular flexibility index (Phi) is 17.3. The Morgan fingerprint density at radius 1 is 0.652 bits per heavy atom. The van der Waals surface area contributed by atoms with E-state index < -0.39 is 0 Å². The molecule has 0 aromatic rings. The van der Waals surface area contributed by atoms with Crippen molar-refractivity contribution < 1.29 is 18.9 Å². The summed E-state index contributed by atoms with van der Waals surface area (Å²) in [5.41, 5.74) is 0. The fourth-order valence-electron chi connectivity index (χ4n) is 1.79. The van der Waals surface area contributed by atoms with Gasteiger partial charge in [0.2, 0.25) is 0 Å². The lowest BCUT2D eigenvalue weighted by atomic mass is 10.1. The van der Waals surface area contributed by atoms with Gasteiger partial charge in [0.1, 0.15) is 6.61 Å². The van der Waals surface area contributed by atoms with E-state index in [9.17, 15) is 0 Å². The van der Waals surface area contributed by atoms with Crippen molar-refractivity contribution in [1.29, 1.82) is 0 Å². The van der Waals surface area contributed by atoms with Crippen molar-refractivity contribution in [2.24, 2.45) is 11.8 Å². The van der Waals surface area contributed by atoms with E-state index in [4.69, 9.17) is 18.9 Å². The predicted molar refractivity (Wildman–Crippen MR) is 94.6 cm³/mol. The standard InChI is InChI=1S/C19H36O4/c1-18(2)8-5-6-10-20-12-14-22-16-17-23-15-13-21-11-7-9-19(3)4/h18-19H,5-6,8,10-17H2,1-4H3. The average molecular weight is 328 g/mol. The van der Waals surface area contributed by atoms with E-state index in [1.807, 2.05) is 0 Å². The molecule has 0 N–H and O–H groups in total. The number of hydrogen-bond donors (Lipinski definition) is 0. The molecule has 0 aromatic carbocycles. The number of rotatable bonds is 15. The number of ether oxygens (including phenoxy) is 4. The summed E-state index contributed by atoms with van der Waals surface area (Å²) in [6, 6.07) is 0. The minimum atomic E-state index is 0.399. The lowest BCUT2D eigenvalue weighted by molar-refractivity contribution is 0.000862. The van der Waals surface area contributed by atoms with Gasteiger partial charge in [-0.15, -0.1) is 0 Å². The molecule has 0 spiro atoms. The summed E-state index contributed by atoms with van der Waals surface area (Å²) in [6.45, 7) is 13.6. The van der Waals surface area contributed by atoms with Crippen molar-refractivity contribution in [1.82, 2.24) is 0 Å². The fourth-order valence-corrected chi connectivity index (χ4v) is 1.79. The molecule has 0 bridgehead atoms. The van der Waals surface area contributed by atoms with Gasteiger partial charge in [-0.25, -0.2) is 0 Å². The van der Waals surface area contributed by atoms with E-state index >= 15 is 0 Å². The van der Waals surface area contributed by atoms with Crippen LogP contribution in [-0.4, -0.2) is 52.9 Å². The second-order valence-corrected chi connectivity index (χ2v) is 6.26. The first-order valence-corrected chi connectivity index (χ1v) is 8.92.